The van der Waals surface area contributed by atoms with Crippen LogP contribution in [0, 0.1) is 103 Å². The molecule has 0 bridgehead atoms. The lowest BCUT2D eigenvalue weighted by Gasteiger charge is -2.93. The van der Waals surface area contributed by atoms with Gasteiger partial charge in [-0.25, -0.2) is 0 Å². The molecule has 0 aliphatic rings. The lowest BCUT2D eigenvalue weighted by atomic mass is 9.09. The summed E-state index contributed by atoms with van der Waals surface area (Å²) < 4.78 is 0. The minimum Gasteiger partial charge on any atom is -0.480 e. The molecule has 0 atom stereocenters. The van der Waals surface area contributed by atoms with Gasteiger partial charge in [-0.15, -0.1) is 0 Å². The van der Waals surface area contributed by atoms with Gasteiger partial charge in [-0.1, -0.05) is 263 Å². The molecular formula is C59H116O4. The van der Waals surface area contributed by atoms with Crippen molar-refractivity contribution in [2.75, 3.05) is 0 Å². The van der Waals surface area contributed by atoms with Gasteiger partial charge in [-0.3, -0.25) is 9.59 Å². The molecule has 0 aliphatic carbocycles. The van der Waals surface area contributed by atoms with Crippen LogP contribution in [0.1, 0.15) is 263 Å². The second-order valence-electron chi connectivity index (χ2n) is 33.7. The standard InChI is InChI=1S/C59H116O4/c1-41(2,3)53(37,38)58(51(31,32)33,52(34,35)36)54(39(60)61,40(62)63)59(55(42(4,5)6,43(7,8)9)44(10,11)12,56(45(13,14)15,46(16,17)18)47(19,20)21)57(48(22,23)24,49(25,26)27)50(28,29)30/h1-38H3,(H,60,61)(H,62,63). The third-order valence-corrected chi connectivity index (χ3v) is 18.6. The van der Waals surface area contributed by atoms with E-state index in [1.54, 1.807) is 0 Å². The van der Waals surface area contributed by atoms with Crippen molar-refractivity contribution < 1.29 is 19.8 Å². The van der Waals surface area contributed by atoms with Crippen molar-refractivity contribution in [2.24, 2.45) is 103 Å². The zero-order valence-corrected chi connectivity index (χ0v) is 50.2. The first-order chi connectivity index (χ1) is 26.4. The first kappa shape index (κ1) is 61.9. The molecule has 0 aliphatic heterocycles. The van der Waals surface area contributed by atoms with E-state index in [-0.39, 0.29) is 0 Å². The molecule has 63 heavy (non-hydrogen) atoms. The van der Waals surface area contributed by atoms with Crippen LogP contribution < -0.4 is 0 Å². The molecule has 0 aromatic rings. The Labute approximate surface area is 396 Å². The summed E-state index contributed by atoms with van der Waals surface area (Å²) in [5, 5.41) is 28.2. The Morgan fingerprint density at radius 3 is 0.413 bits per heavy atom. The number of rotatable bonds is 8. The molecule has 0 fully saturated rings. The Kier molecular flexibility index (Phi) is 15.2. The van der Waals surface area contributed by atoms with Crippen molar-refractivity contribution in [1.29, 1.82) is 0 Å². The molecule has 0 saturated carbocycles. The van der Waals surface area contributed by atoms with Crippen LogP contribution in [0.25, 0.3) is 0 Å². The van der Waals surface area contributed by atoms with Gasteiger partial charge in [0, 0.05) is 10.8 Å². The summed E-state index contributed by atoms with van der Waals surface area (Å²) in [5.74, 6) is -2.44. The van der Waals surface area contributed by atoms with Gasteiger partial charge in [0.05, 0.1) is 0 Å². The van der Waals surface area contributed by atoms with E-state index in [4.69, 9.17) is 0 Å². The van der Waals surface area contributed by atoms with Gasteiger partial charge in [-0.2, -0.15) is 0 Å². The summed E-state index contributed by atoms with van der Waals surface area (Å²) in [6.07, 6.45) is 0. The highest BCUT2D eigenvalue weighted by molar-refractivity contribution is 6.02. The molecule has 4 heteroatoms. The van der Waals surface area contributed by atoms with Crippen LogP contribution in [0.4, 0.5) is 0 Å². The molecule has 2 N–H and O–H groups in total. The Bertz CT molecular complexity index is 1380. The Balaban J connectivity index is 13.9. The van der Waals surface area contributed by atoms with Crippen LogP contribution in [0.15, 0.2) is 0 Å². The summed E-state index contributed by atoms with van der Waals surface area (Å²) in [7, 11) is 0. The fourth-order valence-corrected chi connectivity index (χ4v) is 23.0. The minimum absolute atomic E-state index is 0.592. The van der Waals surface area contributed by atoms with Gasteiger partial charge in [0.25, 0.3) is 0 Å². The van der Waals surface area contributed by atoms with Crippen LogP contribution in [-0.4, -0.2) is 22.2 Å². The van der Waals surface area contributed by atoms with Crippen molar-refractivity contribution in [2.45, 2.75) is 263 Å². The molecule has 0 rings (SSSR count). The van der Waals surface area contributed by atoms with E-state index in [0.29, 0.717) is 0 Å². The quantitative estimate of drug-likeness (QED) is 0.238. The molecule has 376 valence electrons. The summed E-state index contributed by atoms with van der Waals surface area (Å²) >= 11 is 0. The van der Waals surface area contributed by atoms with Crippen LogP contribution in [-0.2, 0) is 9.59 Å². The molecular weight excluding hydrogens is 773 g/mol. The molecule has 0 radical (unpaired) electrons. The van der Waals surface area contributed by atoms with Gasteiger partial charge in [0.15, 0.2) is 5.41 Å². The summed E-state index contributed by atoms with van der Waals surface area (Å²) in [6, 6.07) is 0. The molecule has 0 amide bonds. The van der Waals surface area contributed by atoms with Crippen LogP contribution in [0.2, 0.25) is 0 Å². The molecule has 0 saturated heterocycles. The largest absolute Gasteiger partial charge is 0.480 e. The van der Waals surface area contributed by atoms with Gasteiger partial charge in [-0.05, 0) is 86.6 Å². The van der Waals surface area contributed by atoms with E-state index in [1.165, 1.54) is 0 Å². The third-order valence-electron chi connectivity index (χ3n) is 18.6. The van der Waals surface area contributed by atoms with Crippen molar-refractivity contribution in [3.63, 3.8) is 0 Å². The van der Waals surface area contributed by atoms with Gasteiger partial charge < -0.3 is 10.2 Å². The molecule has 4 nitrogen and oxygen atoms in total. The first-order valence-electron chi connectivity index (χ1n) is 24.9. The maximum atomic E-state index is 17.3. The number of carboxylic acid groups (broad SMARTS) is 2. The number of carboxylic acids is 2. The minimum atomic E-state index is -2.57. The van der Waals surface area contributed by atoms with Crippen LogP contribution in [0.5, 0.6) is 0 Å². The molecule has 0 heterocycles. The van der Waals surface area contributed by atoms with E-state index >= 15 is 9.59 Å². The first-order valence-corrected chi connectivity index (χ1v) is 24.9. The van der Waals surface area contributed by atoms with E-state index in [0.717, 1.165) is 0 Å². The fourth-order valence-electron chi connectivity index (χ4n) is 23.0. The van der Waals surface area contributed by atoms with Crippen molar-refractivity contribution in [3.05, 3.63) is 0 Å². The lowest BCUT2D eigenvalue weighted by Crippen LogP contribution is -2.93. The van der Waals surface area contributed by atoms with E-state index < -0.39 is 115 Å². The maximum Gasteiger partial charge on any atom is 0.322 e. The molecule has 0 unspecified atom stereocenters. The predicted molar refractivity (Wildman–Crippen MR) is 277 cm³/mol. The van der Waals surface area contributed by atoms with Crippen molar-refractivity contribution >= 4 is 11.9 Å². The van der Waals surface area contributed by atoms with Gasteiger partial charge in [0.1, 0.15) is 0 Å². The highest BCUT2D eigenvalue weighted by Gasteiger charge is 2.99. The summed E-state index contributed by atoms with van der Waals surface area (Å²) in [4.78, 5) is 34.6. The lowest BCUT2D eigenvalue weighted by molar-refractivity contribution is -0.470. The summed E-state index contributed by atoms with van der Waals surface area (Å²) in [6.45, 7) is 88.0. The Hall–Kier alpha value is -1.06. The van der Waals surface area contributed by atoms with Crippen LogP contribution in [0.3, 0.4) is 0 Å². The molecule has 0 aromatic heterocycles. The molecule has 0 aromatic carbocycles. The smallest absolute Gasteiger partial charge is 0.322 e. The van der Waals surface area contributed by atoms with Gasteiger partial charge in [0.2, 0.25) is 0 Å². The Morgan fingerprint density at radius 1 is 0.206 bits per heavy atom. The van der Waals surface area contributed by atoms with Crippen LogP contribution >= 0.6 is 0 Å². The average molecular weight is 890 g/mol. The number of aliphatic carboxylic acids is 2. The summed E-state index contributed by atoms with van der Waals surface area (Å²) in [5.41, 5.74) is -19.4. The highest BCUT2D eigenvalue weighted by Crippen LogP contribution is 2.98. The Morgan fingerprint density at radius 2 is 0.333 bits per heavy atom. The fraction of sp³-hybridized carbons (Fsp3) is 0.966. The van der Waals surface area contributed by atoms with E-state index in [1.807, 2.05) is 0 Å². The third kappa shape index (κ3) is 7.08. The van der Waals surface area contributed by atoms with E-state index in [2.05, 4.69) is 263 Å². The second kappa shape index (κ2) is 15.5. The van der Waals surface area contributed by atoms with Crippen molar-refractivity contribution in [3.8, 4) is 0 Å². The predicted octanol–water partition coefficient (Wildman–Crippen LogP) is 18.7. The second-order valence-corrected chi connectivity index (χ2v) is 33.7. The van der Waals surface area contributed by atoms with E-state index in [9.17, 15) is 10.2 Å². The zero-order valence-electron chi connectivity index (χ0n) is 50.2. The number of hydrogen-bond acceptors (Lipinski definition) is 2. The normalized spacial score (nSPS) is 17.0. The SMILES string of the molecule is CC(C)(C)C(C)(C)C(C(C)(C)C)(C(C)(C)C)C(C(=O)O)(C(=O)O)C(C(C(C)(C)C)(C(C)(C)C)C(C)(C)C)(C(C(C)(C)C)(C(C)(C)C)C(C)(C)C)C(C(C)(C)C)(C(C)(C)C)C(C)(C)C. The molecule has 0 spiro atoms. The highest BCUT2D eigenvalue weighted by atomic mass is 16.4. The number of carbonyl (C=O) groups is 2. The monoisotopic (exact) mass is 889 g/mol. The number of hydrogen-bond donors (Lipinski definition) is 2. The van der Waals surface area contributed by atoms with Gasteiger partial charge >= 0.3 is 11.9 Å². The topological polar surface area (TPSA) is 74.6 Å². The average Bonchev–Trinajstić information content (AvgIpc) is 2.80. The van der Waals surface area contributed by atoms with Crippen molar-refractivity contribution in [1.82, 2.24) is 0 Å². The maximum absolute atomic E-state index is 17.3. The zero-order chi connectivity index (χ0) is 52.7.